The summed E-state index contributed by atoms with van der Waals surface area (Å²) in [5.41, 5.74) is 0.785. The fourth-order valence-electron chi connectivity index (χ4n) is 2.47. The second-order valence-corrected chi connectivity index (χ2v) is 8.75. The lowest BCUT2D eigenvalue weighted by Gasteiger charge is -2.32. The van der Waals surface area contributed by atoms with Gasteiger partial charge in [-0.15, -0.1) is 11.3 Å². The smallest absolute Gasteiger partial charge is 0.398 e. The van der Waals surface area contributed by atoms with Gasteiger partial charge in [0.25, 0.3) is 0 Å². The van der Waals surface area contributed by atoms with Gasteiger partial charge < -0.3 is 9.31 Å². The maximum atomic E-state index is 6.09. The molecule has 1 aromatic heterocycles. The lowest BCUT2D eigenvalue weighted by Crippen LogP contribution is -2.41. The molecule has 0 unspecified atom stereocenters. The molecule has 25 heavy (non-hydrogen) atoms. The standard InChI is InChI=1S/C19H25BN2O2S/c1-17(2,21-12-14-10-8-7-9-11-14)16-22-15(13-25-16)20-23-18(3,4)19(5,6)24-20/h7-13H,1-6H3. The van der Waals surface area contributed by atoms with E-state index in [2.05, 4.69) is 13.8 Å². The fraction of sp³-hybridized carbons (Fsp3) is 0.474. The summed E-state index contributed by atoms with van der Waals surface area (Å²) in [5, 5.41) is 2.96. The van der Waals surface area contributed by atoms with E-state index in [1.54, 1.807) is 11.3 Å². The van der Waals surface area contributed by atoms with Gasteiger partial charge in [-0.05, 0) is 47.1 Å². The van der Waals surface area contributed by atoms with Crippen LogP contribution < -0.4 is 5.59 Å². The van der Waals surface area contributed by atoms with Crippen molar-refractivity contribution < 1.29 is 9.31 Å². The largest absolute Gasteiger partial charge is 0.515 e. The predicted molar refractivity (Wildman–Crippen MR) is 105 cm³/mol. The second kappa shape index (κ2) is 6.34. The molecule has 0 bridgehead atoms. The summed E-state index contributed by atoms with van der Waals surface area (Å²) in [4.78, 5) is 9.50. The molecule has 0 saturated carbocycles. The van der Waals surface area contributed by atoms with Gasteiger partial charge in [-0.25, -0.2) is 4.98 Å². The Kier molecular flexibility index (Phi) is 4.64. The first-order valence-electron chi connectivity index (χ1n) is 8.53. The molecule has 1 saturated heterocycles. The predicted octanol–water partition coefficient (Wildman–Crippen LogP) is 3.80. The molecule has 1 aliphatic rings. The second-order valence-electron chi connectivity index (χ2n) is 7.89. The Labute approximate surface area is 154 Å². The van der Waals surface area contributed by atoms with Crippen molar-refractivity contribution in [3.63, 3.8) is 0 Å². The van der Waals surface area contributed by atoms with Gasteiger partial charge in [-0.3, -0.25) is 4.99 Å². The summed E-state index contributed by atoms with van der Waals surface area (Å²) in [6, 6.07) is 10.1. The summed E-state index contributed by atoms with van der Waals surface area (Å²) in [7, 11) is -0.427. The number of nitrogens with zero attached hydrogens (tertiary/aromatic N) is 2. The number of benzene rings is 1. The van der Waals surface area contributed by atoms with Crippen LogP contribution in [0.5, 0.6) is 0 Å². The Morgan fingerprint density at radius 1 is 1.08 bits per heavy atom. The van der Waals surface area contributed by atoms with Crippen molar-refractivity contribution in [3.8, 4) is 0 Å². The lowest BCUT2D eigenvalue weighted by molar-refractivity contribution is 0.00578. The molecule has 3 rings (SSSR count). The minimum atomic E-state index is -0.427. The zero-order valence-corrected chi connectivity index (χ0v) is 16.6. The van der Waals surface area contributed by atoms with Crippen LogP contribution in [0.4, 0.5) is 0 Å². The minimum Gasteiger partial charge on any atom is -0.398 e. The first kappa shape index (κ1) is 18.3. The van der Waals surface area contributed by atoms with E-state index in [1.165, 1.54) is 0 Å². The number of rotatable bonds is 4. The van der Waals surface area contributed by atoms with Crippen molar-refractivity contribution in [2.24, 2.45) is 4.99 Å². The van der Waals surface area contributed by atoms with Gasteiger partial charge in [0.05, 0.1) is 16.8 Å². The third-order valence-corrected chi connectivity index (χ3v) is 6.05. The Morgan fingerprint density at radius 3 is 2.28 bits per heavy atom. The molecule has 0 radical (unpaired) electrons. The Morgan fingerprint density at radius 2 is 1.68 bits per heavy atom. The normalized spacial score (nSPS) is 19.7. The van der Waals surface area contributed by atoms with E-state index in [9.17, 15) is 0 Å². The molecule has 0 aliphatic carbocycles. The third kappa shape index (κ3) is 3.71. The highest BCUT2D eigenvalue weighted by atomic mass is 32.1. The zero-order valence-electron chi connectivity index (χ0n) is 15.7. The molecule has 2 aromatic rings. The van der Waals surface area contributed by atoms with E-state index in [0.717, 1.165) is 16.2 Å². The first-order chi connectivity index (χ1) is 11.6. The lowest BCUT2D eigenvalue weighted by atomic mass is 9.86. The van der Waals surface area contributed by atoms with Crippen molar-refractivity contribution in [1.82, 2.24) is 4.98 Å². The van der Waals surface area contributed by atoms with Crippen LogP contribution in [0.15, 0.2) is 40.7 Å². The van der Waals surface area contributed by atoms with Crippen molar-refractivity contribution in [2.75, 3.05) is 0 Å². The van der Waals surface area contributed by atoms with E-state index in [0.29, 0.717) is 0 Å². The van der Waals surface area contributed by atoms with E-state index in [4.69, 9.17) is 19.3 Å². The van der Waals surface area contributed by atoms with Crippen molar-refractivity contribution in [3.05, 3.63) is 46.3 Å². The molecule has 6 heteroatoms. The van der Waals surface area contributed by atoms with Crippen LogP contribution in [-0.4, -0.2) is 29.5 Å². The van der Waals surface area contributed by atoms with Gasteiger partial charge in [-0.2, -0.15) is 0 Å². The van der Waals surface area contributed by atoms with Crippen LogP contribution in [0.1, 0.15) is 52.1 Å². The molecular weight excluding hydrogens is 331 g/mol. The summed E-state index contributed by atoms with van der Waals surface area (Å²) in [5.74, 6) is 0. The molecule has 0 amide bonds. The van der Waals surface area contributed by atoms with Gasteiger partial charge in [0.2, 0.25) is 0 Å². The minimum absolute atomic E-state index is 0.359. The SMILES string of the molecule is CC(C)(N=Cc1ccccc1)c1nc(B2OC(C)(C)C(C)(C)O2)cs1. The number of aromatic nitrogens is 1. The van der Waals surface area contributed by atoms with Crippen molar-refractivity contribution in [1.29, 1.82) is 0 Å². The summed E-state index contributed by atoms with van der Waals surface area (Å²) < 4.78 is 12.2. The molecule has 1 aliphatic heterocycles. The van der Waals surface area contributed by atoms with Crippen LogP contribution >= 0.6 is 11.3 Å². The van der Waals surface area contributed by atoms with Crippen LogP contribution in [0, 0.1) is 0 Å². The molecule has 1 aromatic carbocycles. The molecule has 132 valence electrons. The van der Waals surface area contributed by atoms with Crippen LogP contribution in [0.25, 0.3) is 0 Å². The van der Waals surface area contributed by atoms with E-state index in [1.807, 2.05) is 69.6 Å². The molecule has 0 N–H and O–H groups in total. The average Bonchev–Trinajstić information content (AvgIpc) is 3.10. The molecular formula is C19H25BN2O2S. The summed E-state index contributed by atoms with van der Waals surface area (Å²) >= 11 is 1.59. The maximum absolute atomic E-state index is 6.09. The van der Waals surface area contributed by atoms with Gasteiger partial charge in [0.1, 0.15) is 10.5 Å². The highest BCUT2D eigenvalue weighted by Crippen LogP contribution is 2.37. The summed E-state index contributed by atoms with van der Waals surface area (Å²) in [6.07, 6.45) is 1.90. The van der Waals surface area contributed by atoms with Crippen LogP contribution in [0.3, 0.4) is 0 Å². The quantitative estimate of drug-likeness (QED) is 0.618. The Bertz CT molecular complexity index is 753. The number of hydrogen-bond acceptors (Lipinski definition) is 5. The zero-order chi connectivity index (χ0) is 18.3. The highest BCUT2D eigenvalue weighted by Gasteiger charge is 2.52. The average molecular weight is 356 g/mol. The van der Waals surface area contributed by atoms with Gasteiger partial charge in [-0.1, -0.05) is 30.3 Å². The third-order valence-electron chi connectivity index (χ3n) is 4.88. The monoisotopic (exact) mass is 356 g/mol. The van der Waals surface area contributed by atoms with Crippen molar-refractivity contribution >= 4 is 30.3 Å². The maximum Gasteiger partial charge on any atom is 0.515 e. The topological polar surface area (TPSA) is 43.7 Å². The molecule has 2 heterocycles. The first-order valence-corrected chi connectivity index (χ1v) is 9.40. The van der Waals surface area contributed by atoms with E-state index in [-0.39, 0.29) is 11.2 Å². The molecule has 4 nitrogen and oxygen atoms in total. The van der Waals surface area contributed by atoms with Crippen LogP contribution in [-0.2, 0) is 14.8 Å². The highest BCUT2D eigenvalue weighted by molar-refractivity contribution is 7.10. The fourth-order valence-corrected chi connectivity index (χ4v) is 3.36. The summed E-state index contributed by atoms with van der Waals surface area (Å²) in [6.45, 7) is 12.3. The number of aliphatic imine (C=N–C) groups is 1. The Hall–Kier alpha value is -1.50. The number of thiazole rings is 1. The van der Waals surface area contributed by atoms with Gasteiger partial charge in [0.15, 0.2) is 0 Å². The molecule has 1 fully saturated rings. The van der Waals surface area contributed by atoms with Crippen LogP contribution in [0.2, 0.25) is 0 Å². The van der Waals surface area contributed by atoms with E-state index >= 15 is 0 Å². The van der Waals surface area contributed by atoms with E-state index < -0.39 is 12.7 Å². The van der Waals surface area contributed by atoms with Gasteiger partial charge >= 0.3 is 7.12 Å². The number of hydrogen-bond donors (Lipinski definition) is 0. The van der Waals surface area contributed by atoms with Gasteiger partial charge in [0, 0.05) is 11.6 Å². The van der Waals surface area contributed by atoms with Crippen molar-refractivity contribution in [2.45, 2.75) is 58.3 Å². The molecule has 0 spiro atoms. The Balaban J connectivity index is 1.78. The molecule has 0 atom stereocenters.